The monoisotopic (exact) mass is 281 g/mol. The molecule has 3 aromatic rings. The summed E-state index contributed by atoms with van der Waals surface area (Å²) in [5.74, 6) is 0.368. The third kappa shape index (κ3) is 2.86. The third-order valence-corrected chi connectivity index (χ3v) is 2.83. The first kappa shape index (κ1) is 12.8. The lowest BCUT2D eigenvalue weighted by Gasteiger charge is -2.05. The average Bonchev–Trinajstić information content (AvgIpc) is 3.03. The van der Waals surface area contributed by atoms with Gasteiger partial charge in [-0.15, -0.1) is 0 Å². The minimum atomic E-state index is -0.392. The highest BCUT2D eigenvalue weighted by Crippen LogP contribution is 2.17. The van der Waals surface area contributed by atoms with Crippen molar-refractivity contribution in [1.82, 2.24) is 20.2 Å². The standard InChI is InChI=1S/C14H11N5O2/c20-12-6-5-11(18-19-12)14(21)17-10-3-1-9(2-4-10)13-15-7-8-16-13/h1-8H,(H,15,16)(H,17,21)(H,19,20). The fraction of sp³-hybridized carbons (Fsp3) is 0. The molecule has 3 N–H and O–H groups in total. The first-order valence-corrected chi connectivity index (χ1v) is 6.19. The van der Waals surface area contributed by atoms with E-state index in [9.17, 15) is 9.59 Å². The zero-order valence-corrected chi connectivity index (χ0v) is 10.8. The molecule has 2 heterocycles. The zero-order valence-electron chi connectivity index (χ0n) is 10.8. The third-order valence-electron chi connectivity index (χ3n) is 2.83. The summed E-state index contributed by atoms with van der Waals surface area (Å²) >= 11 is 0. The molecule has 0 aliphatic rings. The quantitative estimate of drug-likeness (QED) is 0.675. The van der Waals surface area contributed by atoms with Crippen molar-refractivity contribution in [3.05, 3.63) is 64.8 Å². The zero-order chi connectivity index (χ0) is 14.7. The molecule has 0 atom stereocenters. The van der Waals surface area contributed by atoms with E-state index in [-0.39, 0.29) is 11.3 Å². The summed E-state index contributed by atoms with van der Waals surface area (Å²) in [5, 5.41) is 8.58. The van der Waals surface area contributed by atoms with Gasteiger partial charge in [0.15, 0.2) is 0 Å². The van der Waals surface area contributed by atoms with Gasteiger partial charge < -0.3 is 10.3 Å². The van der Waals surface area contributed by atoms with E-state index >= 15 is 0 Å². The molecule has 0 bridgehead atoms. The van der Waals surface area contributed by atoms with Crippen LogP contribution in [0, 0.1) is 0 Å². The highest BCUT2D eigenvalue weighted by molar-refractivity contribution is 6.02. The number of amides is 1. The lowest BCUT2D eigenvalue weighted by molar-refractivity contribution is 0.102. The van der Waals surface area contributed by atoms with Gasteiger partial charge in [-0.25, -0.2) is 10.1 Å². The number of benzene rings is 1. The Morgan fingerprint density at radius 2 is 1.90 bits per heavy atom. The summed E-state index contributed by atoms with van der Waals surface area (Å²) in [6, 6.07) is 9.83. The minimum absolute atomic E-state index is 0.143. The molecule has 2 aromatic heterocycles. The molecule has 1 amide bonds. The maximum atomic E-state index is 11.9. The van der Waals surface area contributed by atoms with Gasteiger partial charge in [0, 0.05) is 29.7 Å². The highest BCUT2D eigenvalue weighted by Gasteiger charge is 2.08. The molecule has 0 aliphatic carbocycles. The summed E-state index contributed by atoms with van der Waals surface area (Å²) in [7, 11) is 0. The number of rotatable bonds is 3. The molecular formula is C14H11N5O2. The van der Waals surface area contributed by atoms with E-state index in [4.69, 9.17) is 0 Å². The summed E-state index contributed by atoms with van der Waals surface area (Å²) in [4.78, 5) is 30.0. The lowest BCUT2D eigenvalue weighted by atomic mass is 10.2. The summed E-state index contributed by atoms with van der Waals surface area (Å²) < 4.78 is 0. The number of aromatic amines is 2. The number of hydrogen-bond acceptors (Lipinski definition) is 4. The van der Waals surface area contributed by atoms with Crippen LogP contribution in [0.1, 0.15) is 10.5 Å². The van der Waals surface area contributed by atoms with E-state index < -0.39 is 5.91 Å². The fourth-order valence-corrected chi connectivity index (χ4v) is 1.80. The first-order valence-electron chi connectivity index (χ1n) is 6.19. The van der Waals surface area contributed by atoms with Gasteiger partial charge in [-0.05, 0) is 30.3 Å². The van der Waals surface area contributed by atoms with Crippen molar-refractivity contribution in [3.8, 4) is 11.4 Å². The van der Waals surface area contributed by atoms with Crippen molar-refractivity contribution >= 4 is 11.6 Å². The van der Waals surface area contributed by atoms with Crippen LogP contribution < -0.4 is 10.9 Å². The largest absolute Gasteiger partial charge is 0.345 e. The molecule has 3 rings (SSSR count). The van der Waals surface area contributed by atoms with Gasteiger partial charge in [0.2, 0.25) is 0 Å². The maximum Gasteiger partial charge on any atom is 0.276 e. The van der Waals surface area contributed by atoms with Gasteiger partial charge in [0.1, 0.15) is 11.5 Å². The Bertz CT molecular complexity index is 786. The average molecular weight is 281 g/mol. The molecular weight excluding hydrogens is 270 g/mol. The Morgan fingerprint density at radius 1 is 1.10 bits per heavy atom. The second-order valence-corrected chi connectivity index (χ2v) is 4.28. The molecule has 7 heteroatoms. The van der Waals surface area contributed by atoms with E-state index in [1.165, 1.54) is 12.1 Å². The Balaban J connectivity index is 1.74. The molecule has 0 saturated heterocycles. The van der Waals surface area contributed by atoms with Gasteiger partial charge in [0.25, 0.3) is 11.5 Å². The molecule has 0 fully saturated rings. The van der Waals surface area contributed by atoms with Gasteiger partial charge in [-0.2, -0.15) is 5.10 Å². The molecule has 7 nitrogen and oxygen atoms in total. The molecule has 1 aromatic carbocycles. The summed E-state index contributed by atoms with van der Waals surface area (Å²) in [6.45, 7) is 0. The maximum absolute atomic E-state index is 11.9. The topological polar surface area (TPSA) is 104 Å². The summed E-state index contributed by atoms with van der Waals surface area (Å²) in [5.41, 5.74) is 1.34. The van der Waals surface area contributed by atoms with Crippen molar-refractivity contribution in [1.29, 1.82) is 0 Å². The molecule has 21 heavy (non-hydrogen) atoms. The summed E-state index contributed by atoms with van der Waals surface area (Å²) in [6.07, 6.45) is 3.42. The van der Waals surface area contributed by atoms with Gasteiger partial charge in [-0.1, -0.05) is 0 Å². The fourth-order valence-electron chi connectivity index (χ4n) is 1.80. The number of anilines is 1. The number of carbonyl (C=O) groups is 1. The number of H-pyrrole nitrogens is 2. The molecule has 0 unspecified atom stereocenters. The number of aromatic nitrogens is 4. The van der Waals surface area contributed by atoms with Crippen molar-refractivity contribution in [3.63, 3.8) is 0 Å². The molecule has 104 valence electrons. The highest BCUT2D eigenvalue weighted by atomic mass is 16.2. The normalized spacial score (nSPS) is 10.3. The van der Waals surface area contributed by atoms with Crippen molar-refractivity contribution in [2.45, 2.75) is 0 Å². The Hall–Kier alpha value is -3.22. The lowest BCUT2D eigenvalue weighted by Crippen LogP contribution is -2.17. The minimum Gasteiger partial charge on any atom is -0.345 e. The van der Waals surface area contributed by atoms with E-state index in [1.807, 2.05) is 12.1 Å². The number of hydrogen-bond donors (Lipinski definition) is 3. The number of imidazole rings is 1. The van der Waals surface area contributed by atoms with Crippen LogP contribution in [0.4, 0.5) is 5.69 Å². The van der Waals surface area contributed by atoms with Crippen LogP contribution in [0.5, 0.6) is 0 Å². The predicted molar refractivity (Wildman–Crippen MR) is 76.8 cm³/mol. The number of nitrogens with zero attached hydrogens (tertiary/aromatic N) is 2. The van der Waals surface area contributed by atoms with Gasteiger partial charge in [-0.3, -0.25) is 9.59 Å². The van der Waals surface area contributed by atoms with Crippen LogP contribution in [0.3, 0.4) is 0 Å². The van der Waals surface area contributed by atoms with Crippen LogP contribution in [-0.4, -0.2) is 26.1 Å². The van der Waals surface area contributed by atoms with Gasteiger partial charge in [0.05, 0.1) is 0 Å². The number of carbonyl (C=O) groups excluding carboxylic acids is 1. The second kappa shape index (κ2) is 5.41. The van der Waals surface area contributed by atoms with Gasteiger partial charge >= 0.3 is 0 Å². The molecule has 0 aliphatic heterocycles. The van der Waals surface area contributed by atoms with Crippen molar-refractivity contribution < 1.29 is 4.79 Å². The van der Waals surface area contributed by atoms with E-state index in [0.717, 1.165) is 11.4 Å². The van der Waals surface area contributed by atoms with Crippen LogP contribution in [-0.2, 0) is 0 Å². The van der Waals surface area contributed by atoms with Crippen LogP contribution in [0.2, 0.25) is 0 Å². The molecule has 0 saturated carbocycles. The van der Waals surface area contributed by atoms with Crippen LogP contribution >= 0.6 is 0 Å². The van der Waals surface area contributed by atoms with Crippen molar-refractivity contribution in [2.75, 3.05) is 5.32 Å². The molecule has 0 spiro atoms. The number of nitrogens with one attached hydrogen (secondary N) is 3. The van der Waals surface area contributed by atoms with E-state index in [2.05, 4.69) is 25.5 Å². The second-order valence-electron chi connectivity index (χ2n) is 4.28. The van der Waals surface area contributed by atoms with E-state index in [0.29, 0.717) is 5.69 Å². The molecule has 0 radical (unpaired) electrons. The van der Waals surface area contributed by atoms with Crippen LogP contribution in [0.25, 0.3) is 11.4 Å². The Labute approximate surface area is 119 Å². The van der Waals surface area contributed by atoms with Crippen LogP contribution in [0.15, 0.2) is 53.6 Å². The Kier molecular flexibility index (Phi) is 3.30. The smallest absolute Gasteiger partial charge is 0.276 e. The SMILES string of the molecule is O=C(Nc1ccc(-c2ncc[nH]2)cc1)c1ccc(=O)[nH]n1. The van der Waals surface area contributed by atoms with Crippen molar-refractivity contribution in [2.24, 2.45) is 0 Å². The predicted octanol–water partition coefficient (Wildman–Crippen LogP) is 1.41. The van der Waals surface area contributed by atoms with E-state index in [1.54, 1.807) is 24.5 Å². The first-order chi connectivity index (χ1) is 10.2. The Morgan fingerprint density at radius 3 is 2.52 bits per heavy atom.